The Morgan fingerprint density at radius 2 is 1.82 bits per heavy atom. The van der Waals surface area contributed by atoms with Gasteiger partial charge in [0.15, 0.2) is 0 Å². The first-order valence-corrected chi connectivity index (χ1v) is 5.36. The molecule has 0 saturated heterocycles. The molecule has 2 nitrogen and oxygen atoms in total. The maximum Gasteiger partial charge on any atom is 0.411 e. The van der Waals surface area contributed by atoms with Crippen LogP contribution in [-0.2, 0) is 4.74 Å². The van der Waals surface area contributed by atoms with Crippen LogP contribution in [0.2, 0.25) is 0 Å². The van der Waals surface area contributed by atoms with Crippen LogP contribution >= 0.6 is 0 Å². The molecule has 0 aromatic heterocycles. The predicted molar refractivity (Wildman–Crippen MR) is 57.5 cm³/mol. The molecular weight excluding hydrogens is 233 g/mol. The molecule has 0 bridgehead atoms. The Bertz CT molecular complexity index is 311. The van der Waals surface area contributed by atoms with Crippen molar-refractivity contribution in [2.75, 3.05) is 13.2 Å². The van der Waals surface area contributed by atoms with Crippen molar-refractivity contribution in [2.45, 2.75) is 25.1 Å². The van der Waals surface area contributed by atoms with Crippen molar-refractivity contribution in [1.82, 2.24) is 0 Å². The number of aliphatic hydroxyl groups is 1. The quantitative estimate of drug-likeness (QED) is 0.784. The smallest absolute Gasteiger partial charge is 0.388 e. The minimum atomic E-state index is -4.28. The lowest BCUT2D eigenvalue weighted by Gasteiger charge is -2.11. The Labute approximate surface area is 98.0 Å². The Kier molecular flexibility index (Phi) is 5.44. The summed E-state index contributed by atoms with van der Waals surface area (Å²) in [6, 6.07) is 9.00. The van der Waals surface area contributed by atoms with Crippen molar-refractivity contribution in [2.24, 2.45) is 0 Å². The lowest BCUT2D eigenvalue weighted by atomic mass is 10.1. The average molecular weight is 248 g/mol. The zero-order valence-electron chi connectivity index (χ0n) is 9.28. The van der Waals surface area contributed by atoms with E-state index in [2.05, 4.69) is 4.74 Å². The van der Waals surface area contributed by atoms with E-state index in [-0.39, 0.29) is 6.61 Å². The third-order valence-electron chi connectivity index (χ3n) is 2.22. The highest BCUT2D eigenvalue weighted by molar-refractivity contribution is 5.16. The Balaban J connectivity index is 2.15. The van der Waals surface area contributed by atoms with Crippen LogP contribution in [0.5, 0.6) is 0 Å². The van der Waals surface area contributed by atoms with E-state index in [0.717, 1.165) is 5.56 Å². The van der Waals surface area contributed by atoms with E-state index in [1.165, 1.54) is 0 Å². The monoisotopic (exact) mass is 248 g/mol. The van der Waals surface area contributed by atoms with Gasteiger partial charge in [0.1, 0.15) is 6.61 Å². The van der Waals surface area contributed by atoms with Crippen molar-refractivity contribution in [3.05, 3.63) is 35.9 Å². The summed E-state index contributed by atoms with van der Waals surface area (Å²) in [5.41, 5.74) is 0.767. The molecule has 17 heavy (non-hydrogen) atoms. The van der Waals surface area contributed by atoms with E-state index in [1.807, 2.05) is 6.07 Å². The molecule has 0 fully saturated rings. The highest BCUT2D eigenvalue weighted by Crippen LogP contribution is 2.18. The zero-order valence-corrected chi connectivity index (χ0v) is 9.28. The van der Waals surface area contributed by atoms with Gasteiger partial charge < -0.3 is 9.84 Å². The second-order valence-electron chi connectivity index (χ2n) is 3.74. The van der Waals surface area contributed by atoms with E-state index < -0.39 is 18.9 Å². The molecule has 0 amide bonds. The summed E-state index contributed by atoms with van der Waals surface area (Å²) in [5.74, 6) is 0. The lowest BCUT2D eigenvalue weighted by Crippen LogP contribution is -2.17. The maximum atomic E-state index is 11.7. The molecule has 0 radical (unpaired) electrons. The van der Waals surface area contributed by atoms with E-state index in [4.69, 9.17) is 0 Å². The Morgan fingerprint density at radius 3 is 2.41 bits per heavy atom. The largest absolute Gasteiger partial charge is 0.411 e. The molecule has 1 N–H and O–H groups in total. The van der Waals surface area contributed by atoms with Gasteiger partial charge in [-0.25, -0.2) is 0 Å². The van der Waals surface area contributed by atoms with Crippen LogP contribution in [0.3, 0.4) is 0 Å². The minimum absolute atomic E-state index is 0.00338. The third-order valence-corrected chi connectivity index (χ3v) is 2.22. The van der Waals surface area contributed by atoms with Crippen LogP contribution < -0.4 is 0 Å². The first-order chi connectivity index (χ1) is 7.99. The number of halogens is 3. The number of aliphatic hydroxyl groups excluding tert-OH is 1. The molecular formula is C12H15F3O2. The molecule has 0 aliphatic heterocycles. The van der Waals surface area contributed by atoms with Gasteiger partial charge in [0.25, 0.3) is 0 Å². The van der Waals surface area contributed by atoms with Crippen molar-refractivity contribution < 1.29 is 23.0 Å². The standard InChI is InChI=1S/C12H15F3O2/c13-12(14,15)9-17-8-4-7-11(16)10-5-2-1-3-6-10/h1-3,5-6,11,16H,4,7-9H2. The number of benzene rings is 1. The van der Waals surface area contributed by atoms with E-state index in [9.17, 15) is 18.3 Å². The van der Waals surface area contributed by atoms with E-state index >= 15 is 0 Å². The van der Waals surface area contributed by atoms with Gasteiger partial charge in [0.2, 0.25) is 0 Å². The Morgan fingerprint density at radius 1 is 1.18 bits per heavy atom. The van der Waals surface area contributed by atoms with Gasteiger partial charge in [-0.1, -0.05) is 30.3 Å². The van der Waals surface area contributed by atoms with Crippen molar-refractivity contribution in [1.29, 1.82) is 0 Å². The molecule has 1 atom stereocenters. The molecule has 1 aromatic carbocycles. The molecule has 0 spiro atoms. The number of ether oxygens (including phenoxy) is 1. The van der Waals surface area contributed by atoms with Gasteiger partial charge in [-0.2, -0.15) is 13.2 Å². The summed E-state index contributed by atoms with van der Waals surface area (Å²) in [4.78, 5) is 0. The molecule has 0 saturated carbocycles. The van der Waals surface area contributed by atoms with E-state index in [1.54, 1.807) is 24.3 Å². The molecule has 0 heterocycles. The summed E-state index contributed by atoms with van der Waals surface area (Å²) in [6.45, 7) is -1.22. The topological polar surface area (TPSA) is 29.5 Å². The van der Waals surface area contributed by atoms with Crippen LogP contribution in [0, 0.1) is 0 Å². The van der Waals surface area contributed by atoms with Crippen molar-refractivity contribution in [3.63, 3.8) is 0 Å². The SMILES string of the molecule is OC(CCCOCC(F)(F)F)c1ccccc1. The first-order valence-electron chi connectivity index (χ1n) is 5.36. The van der Waals surface area contributed by atoms with Gasteiger partial charge in [0.05, 0.1) is 6.10 Å². The van der Waals surface area contributed by atoms with Crippen LogP contribution in [0.1, 0.15) is 24.5 Å². The summed E-state index contributed by atoms with van der Waals surface area (Å²) in [7, 11) is 0. The molecule has 1 aromatic rings. The minimum Gasteiger partial charge on any atom is -0.388 e. The molecule has 0 aliphatic carbocycles. The second-order valence-corrected chi connectivity index (χ2v) is 3.74. The number of hydrogen-bond acceptors (Lipinski definition) is 2. The highest BCUT2D eigenvalue weighted by atomic mass is 19.4. The number of rotatable bonds is 6. The van der Waals surface area contributed by atoms with Gasteiger partial charge in [-0.05, 0) is 18.4 Å². The maximum absolute atomic E-state index is 11.7. The summed E-state index contributed by atoms with van der Waals surface area (Å²) < 4.78 is 39.6. The molecule has 96 valence electrons. The second kappa shape index (κ2) is 6.61. The molecule has 1 unspecified atom stereocenters. The first kappa shape index (κ1) is 14.0. The highest BCUT2D eigenvalue weighted by Gasteiger charge is 2.27. The molecule has 0 aliphatic rings. The fraction of sp³-hybridized carbons (Fsp3) is 0.500. The van der Waals surface area contributed by atoms with Crippen LogP contribution in [0.25, 0.3) is 0 Å². The number of hydrogen-bond donors (Lipinski definition) is 1. The van der Waals surface area contributed by atoms with Crippen molar-refractivity contribution in [3.8, 4) is 0 Å². The third kappa shape index (κ3) is 6.28. The summed E-state index contributed by atoms with van der Waals surface area (Å²) >= 11 is 0. The average Bonchev–Trinajstić information content (AvgIpc) is 2.28. The zero-order chi connectivity index (χ0) is 12.7. The fourth-order valence-corrected chi connectivity index (χ4v) is 1.41. The van der Waals surface area contributed by atoms with Gasteiger partial charge in [0, 0.05) is 6.61 Å². The predicted octanol–water partition coefficient (Wildman–Crippen LogP) is 3.08. The van der Waals surface area contributed by atoms with Gasteiger partial charge >= 0.3 is 6.18 Å². The van der Waals surface area contributed by atoms with E-state index in [0.29, 0.717) is 12.8 Å². The van der Waals surface area contributed by atoms with Crippen LogP contribution in [0.15, 0.2) is 30.3 Å². The van der Waals surface area contributed by atoms with Crippen molar-refractivity contribution >= 4 is 0 Å². The number of alkyl halides is 3. The molecule has 5 heteroatoms. The lowest BCUT2D eigenvalue weighted by molar-refractivity contribution is -0.174. The summed E-state index contributed by atoms with van der Waals surface area (Å²) in [5, 5.41) is 9.70. The van der Waals surface area contributed by atoms with Crippen LogP contribution in [0.4, 0.5) is 13.2 Å². The van der Waals surface area contributed by atoms with Gasteiger partial charge in [-0.15, -0.1) is 0 Å². The molecule has 1 rings (SSSR count). The summed E-state index contributed by atoms with van der Waals surface area (Å²) in [6.07, 6.45) is -4.14. The normalized spacial score (nSPS) is 13.6. The van der Waals surface area contributed by atoms with Crippen LogP contribution in [-0.4, -0.2) is 24.5 Å². The Hall–Kier alpha value is -1.07. The fourth-order valence-electron chi connectivity index (χ4n) is 1.41. The van der Waals surface area contributed by atoms with Gasteiger partial charge in [-0.3, -0.25) is 0 Å².